The molecule has 2 fully saturated rings. The number of H-pyrrole nitrogens is 1. The third-order valence-corrected chi connectivity index (χ3v) is 6.52. The summed E-state index contributed by atoms with van der Waals surface area (Å²) in [5, 5.41) is 10.4. The molecule has 3 heterocycles. The van der Waals surface area contributed by atoms with Crippen LogP contribution in [0.2, 0.25) is 0 Å². The summed E-state index contributed by atoms with van der Waals surface area (Å²) in [7, 11) is -3.58. The van der Waals surface area contributed by atoms with Gasteiger partial charge in [-0.15, -0.1) is 0 Å². The first-order valence-corrected chi connectivity index (χ1v) is 12.2. The Hall–Kier alpha value is -2.34. The van der Waals surface area contributed by atoms with Crippen LogP contribution in [0.3, 0.4) is 0 Å². The fourth-order valence-corrected chi connectivity index (χ4v) is 4.76. The Labute approximate surface area is 187 Å². The number of anilines is 1. The van der Waals surface area contributed by atoms with Crippen LogP contribution in [0.15, 0.2) is 18.5 Å². The number of ether oxygens (including phenoxy) is 2. The highest BCUT2D eigenvalue weighted by Gasteiger charge is 2.54. The molecule has 1 aliphatic heterocycles. The van der Waals surface area contributed by atoms with E-state index in [4.69, 9.17) is 13.7 Å². The van der Waals surface area contributed by atoms with Crippen LogP contribution in [-0.4, -0.2) is 66.3 Å². The Morgan fingerprint density at radius 1 is 1.31 bits per heavy atom. The number of rotatable bonds is 7. The van der Waals surface area contributed by atoms with Crippen LogP contribution in [0.4, 0.5) is 5.69 Å². The largest absolute Gasteiger partial charge is 0.379 e. The molecule has 1 saturated heterocycles. The zero-order valence-corrected chi connectivity index (χ0v) is 19.5. The van der Waals surface area contributed by atoms with Gasteiger partial charge in [0.15, 0.2) is 5.79 Å². The maximum absolute atomic E-state index is 13.2. The number of hydrogen-bond donors (Lipinski definition) is 2. The molecule has 174 valence electrons. The van der Waals surface area contributed by atoms with Gasteiger partial charge in [0.05, 0.1) is 30.6 Å². The lowest BCUT2D eigenvalue weighted by Crippen LogP contribution is -2.34. The Kier molecular flexibility index (Phi) is 5.86. The summed E-state index contributed by atoms with van der Waals surface area (Å²) in [6.07, 6.45) is 4.04. The SMILES string of the molecule is Cc1[nH]nc(C(=O)c2cnccc2N[C@@H]2C[C@H](COS(C)(=O)=O)[C@H]3OC(C)(C)O[C@H]32)c1C. The highest BCUT2D eigenvalue weighted by molar-refractivity contribution is 7.85. The first-order chi connectivity index (χ1) is 15.0. The van der Waals surface area contributed by atoms with Crippen LogP contribution in [0, 0.1) is 19.8 Å². The molecule has 4 atom stereocenters. The van der Waals surface area contributed by atoms with Gasteiger partial charge in [0.1, 0.15) is 11.8 Å². The quantitative estimate of drug-likeness (QED) is 0.466. The lowest BCUT2D eigenvalue weighted by Gasteiger charge is -2.25. The van der Waals surface area contributed by atoms with Gasteiger partial charge >= 0.3 is 0 Å². The monoisotopic (exact) mass is 464 g/mol. The zero-order valence-electron chi connectivity index (χ0n) is 18.7. The van der Waals surface area contributed by atoms with Crippen LogP contribution >= 0.6 is 0 Å². The van der Waals surface area contributed by atoms with E-state index in [0.717, 1.165) is 17.5 Å². The van der Waals surface area contributed by atoms with E-state index in [2.05, 4.69) is 20.5 Å². The van der Waals surface area contributed by atoms with Gasteiger partial charge in [-0.3, -0.25) is 19.1 Å². The van der Waals surface area contributed by atoms with Gasteiger partial charge in [0.2, 0.25) is 5.78 Å². The molecule has 4 rings (SSSR count). The highest BCUT2D eigenvalue weighted by Crippen LogP contribution is 2.43. The van der Waals surface area contributed by atoms with Crippen molar-refractivity contribution in [1.29, 1.82) is 0 Å². The zero-order chi connectivity index (χ0) is 23.3. The molecule has 1 saturated carbocycles. The molecule has 2 aromatic rings. The molecule has 0 amide bonds. The number of aromatic amines is 1. The molecular formula is C21H28N4O6S. The van der Waals surface area contributed by atoms with E-state index in [1.165, 1.54) is 6.20 Å². The highest BCUT2D eigenvalue weighted by atomic mass is 32.2. The lowest BCUT2D eigenvalue weighted by molar-refractivity contribution is -0.158. The van der Waals surface area contributed by atoms with Crippen molar-refractivity contribution in [3.8, 4) is 0 Å². The van der Waals surface area contributed by atoms with E-state index < -0.39 is 15.9 Å². The minimum Gasteiger partial charge on any atom is -0.379 e. The molecule has 0 spiro atoms. The molecule has 2 aromatic heterocycles. The topological polar surface area (TPSA) is 132 Å². The summed E-state index contributed by atoms with van der Waals surface area (Å²) >= 11 is 0. The fraction of sp³-hybridized carbons (Fsp3) is 0.571. The van der Waals surface area contributed by atoms with Crippen molar-refractivity contribution in [3.05, 3.63) is 41.0 Å². The number of aromatic nitrogens is 3. The van der Waals surface area contributed by atoms with Gasteiger partial charge in [-0.25, -0.2) is 0 Å². The summed E-state index contributed by atoms with van der Waals surface area (Å²) in [4.78, 5) is 17.3. The number of carbonyl (C=O) groups is 1. The number of nitrogens with one attached hydrogen (secondary N) is 2. The van der Waals surface area contributed by atoms with Crippen LogP contribution < -0.4 is 5.32 Å². The van der Waals surface area contributed by atoms with E-state index in [1.807, 2.05) is 27.7 Å². The molecule has 2 aliphatic rings. The number of carbonyl (C=O) groups excluding carboxylic acids is 1. The maximum Gasteiger partial charge on any atom is 0.264 e. The molecule has 0 unspecified atom stereocenters. The lowest BCUT2D eigenvalue weighted by atomic mass is 10.0. The predicted molar refractivity (Wildman–Crippen MR) is 116 cm³/mol. The molecule has 1 aliphatic carbocycles. The predicted octanol–water partition coefficient (Wildman–Crippen LogP) is 1.95. The van der Waals surface area contributed by atoms with Crippen molar-refractivity contribution < 1.29 is 26.9 Å². The van der Waals surface area contributed by atoms with Crippen molar-refractivity contribution in [3.63, 3.8) is 0 Å². The second-order valence-electron chi connectivity index (χ2n) is 8.87. The van der Waals surface area contributed by atoms with E-state index in [1.54, 1.807) is 12.3 Å². The smallest absolute Gasteiger partial charge is 0.264 e. The molecular weight excluding hydrogens is 436 g/mol. The molecule has 11 heteroatoms. The fourth-order valence-electron chi connectivity index (χ4n) is 4.34. The first kappa shape index (κ1) is 22.8. The number of ketones is 1. The average Bonchev–Trinajstić information content (AvgIpc) is 3.31. The van der Waals surface area contributed by atoms with Gasteiger partial charge in [-0.05, 0) is 40.2 Å². The summed E-state index contributed by atoms with van der Waals surface area (Å²) in [5.74, 6) is -1.23. The Balaban J connectivity index is 1.58. The number of fused-ring (bicyclic) bond motifs is 1. The second kappa shape index (κ2) is 8.22. The maximum atomic E-state index is 13.2. The third kappa shape index (κ3) is 4.56. The standard InChI is InChI=1S/C21H28N4O6S/c1-11-12(2)24-25-17(11)18(26)14-9-22-7-6-15(14)23-16-8-13(10-29-32(5,27)28)19-20(16)31-21(3,4)30-19/h6-7,9,13,16,19-20H,8,10H2,1-5H3,(H,22,23)(H,24,25)/t13-,16-,19-,20+/m1/s1. The molecule has 2 N–H and O–H groups in total. The van der Waals surface area contributed by atoms with Crippen molar-refractivity contribution in [2.75, 3.05) is 18.2 Å². The Morgan fingerprint density at radius 3 is 2.69 bits per heavy atom. The number of pyridine rings is 1. The Morgan fingerprint density at radius 2 is 2.03 bits per heavy atom. The third-order valence-electron chi connectivity index (χ3n) is 5.95. The van der Waals surface area contributed by atoms with Crippen molar-refractivity contribution in [2.45, 2.75) is 58.2 Å². The molecule has 10 nitrogen and oxygen atoms in total. The number of aryl methyl sites for hydroxylation is 1. The molecule has 0 aromatic carbocycles. The van der Waals surface area contributed by atoms with Gasteiger partial charge in [0.25, 0.3) is 10.1 Å². The minimum atomic E-state index is -3.58. The summed E-state index contributed by atoms with van der Waals surface area (Å²) in [6.45, 7) is 7.35. The number of nitrogens with zero attached hydrogens (tertiary/aromatic N) is 2. The molecule has 0 bridgehead atoms. The second-order valence-corrected chi connectivity index (χ2v) is 10.5. The van der Waals surface area contributed by atoms with Crippen molar-refractivity contribution >= 4 is 21.6 Å². The van der Waals surface area contributed by atoms with Crippen LogP contribution in [0.5, 0.6) is 0 Å². The van der Waals surface area contributed by atoms with Crippen LogP contribution in [0.1, 0.15) is 47.6 Å². The molecule has 0 radical (unpaired) electrons. The van der Waals surface area contributed by atoms with Crippen LogP contribution in [0.25, 0.3) is 0 Å². The number of hydrogen-bond acceptors (Lipinski definition) is 9. The minimum absolute atomic E-state index is 0.00545. The van der Waals surface area contributed by atoms with E-state index >= 15 is 0 Å². The van der Waals surface area contributed by atoms with Crippen molar-refractivity contribution in [1.82, 2.24) is 15.2 Å². The van der Waals surface area contributed by atoms with Gasteiger partial charge in [0, 0.05) is 35.3 Å². The van der Waals surface area contributed by atoms with E-state index in [-0.39, 0.29) is 36.6 Å². The van der Waals surface area contributed by atoms with Gasteiger partial charge in [-0.1, -0.05) is 0 Å². The summed E-state index contributed by atoms with van der Waals surface area (Å²) in [6, 6.07) is 1.52. The normalized spacial score (nSPS) is 26.8. The summed E-state index contributed by atoms with van der Waals surface area (Å²) < 4.78 is 40.2. The van der Waals surface area contributed by atoms with E-state index in [0.29, 0.717) is 23.4 Å². The average molecular weight is 465 g/mol. The van der Waals surface area contributed by atoms with Crippen molar-refractivity contribution in [2.24, 2.45) is 5.92 Å². The van der Waals surface area contributed by atoms with Gasteiger partial charge in [-0.2, -0.15) is 13.5 Å². The van der Waals surface area contributed by atoms with E-state index in [9.17, 15) is 13.2 Å². The summed E-state index contributed by atoms with van der Waals surface area (Å²) in [5.41, 5.74) is 2.97. The first-order valence-electron chi connectivity index (χ1n) is 10.4. The van der Waals surface area contributed by atoms with Crippen LogP contribution in [-0.2, 0) is 23.8 Å². The Bertz CT molecular complexity index is 1130. The van der Waals surface area contributed by atoms with Gasteiger partial charge < -0.3 is 14.8 Å². The molecule has 32 heavy (non-hydrogen) atoms.